The van der Waals surface area contributed by atoms with E-state index in [9.17, 15) is 4.79 Å². The number of rotatable bonds is 6. The highest BCUT2D eigenvalue weighted by atomic mass is 35.5. The van der Waals surface area contributed by atoms with Crippen LogP contribution in [0.1, 0.15) is 32.3 Å². The van der Waals surface area contributed by atoms with Crippen molar-refractivity contribution in [2.45, 2.75) is 39.2 Å². The van der Waals surface area contributed by atoms with Crippen LogP contribution in [-0.2, 0) is 11.2 Å². The van der Waals surface area contributed by atoms with Crippen molar-refractivity contribution in [1.29, 1.82) is 0 Å². The highest BCUT2D eigenvalue weighted by molar-refractivity contribution is 6.30. The summed E-state index contributed by atoms with van der Waals surface area (Å²) in [4.78, 5) is 16.8. The molecule has 1 unspecified atom stereocenters. The Balaban J connectivity index is 1.80. The number of nitrogens with zero attached hydrogens (tertiary/aromatic N) is 2. The van der Waals surface area contributed by atoms with Gasteiger partial charge < -0.3 is 4.90 Å². The quantitative estimate of drug-likeness (QED) is 0.805. The Kier molecular flexibility index (Phi) is 6.07. The van der Waals surface area contributed by atoms with E-state index in [0.717, 1.165) is 44.0 Å². The molecule has 2 rings (SSSR count). The molecule has 0 radical (unpaired) electrons. The van der Waals surface area contributed by atoms with Crippen molar-refractivity contribution in [3.8, 4) is 0 Å². The van der Waals surface area contributed by atoms with Crippen molar-refractivity contribution in [3.05, 3.63) is 34.9 Å². The number of hydrogen-bond donors (Lipinski definition) is 0. The van der Waals surface area contributed by atoms with Crippen LogP contribution in [0.5, 0.6) is 0 Å². The summed E-state index contributed by atoms with van der Waals surface area (Å²) in [7, 11) is 0. The summed E-state index contributed by atoms with van der Waals surface area (Å²) < 4.78 is 0. The number of carbonyl (C=O) groups excluding carboxylic acids is 1. The molecule has 1 atom stereocenters. The fourth-order valence-electron chi connectivity index (χ4n) is 3.07. The number of amides is 1. The first-order valence-corrected chi connectivity index (χ1v) is 8.28. The van der Waals surface area contributed by atoms with Crippen molar-refractivity contribution in [2.24, 2.45) is 0 Å². The topological polar surface area (TPSA) is 23.6 Å². The van der Waals surface area contributed by atoms with Crippen LogP contribution in [-0.4, -0.2) is 47.9 Å². The second kappa shape index (κ2) is 7.81. The van der Waals surface area contributed by atoms with Crippen LogP contribution >= 0.6 is 11.6 Å². The molecule has 0 aromatic heterocycles. The maximum absolute atomic E-state index is 12.3. The van der Waals surface area contributed by atoms with Crippen molar-refractivity contribution >= 4 is 17.5 Å². The van der Waals surface area contributed by atoms with Gasteiger partial charge in [0, 0.05) is 30.6 Å². The molecule has 1 saturated heterocycles. The smallest absolute Gasteiger partial charge is 0.222 e. The van der Waals surface area contributed by atoms with Gasteiger partial charge >= 0.3 is 0 Å². The van der Waals surface area contributed by atoms with Crippen LogP contribution in [0.4, 0.5) is 0 Å². The van der Waals surface area contributed by atoms with Crippen LogP contribution in [0.25, 0.3) is 0 Å². The van der Waals surface area contributed by atoms with Crippen molar-refractivity contribution in [1.82, 2.24) is 9.80 Å². The van der Waals surface area contributed by atoms with Gasteiger partial charge in [-0.15, -0.1) is 0 Å². The number of aryl methyl sites for hydroxylation is 1. The van der Waals surface area contributed by atoms with Gasteiger partial charge in [-0.2, -0.15) is 0 Å². The first-order valence-electron chi connectivity index (χ1n) is 7.90. The molecule has 1 fully saturated rings. The minimum absolute atomic E-state index is 0.277. The van der Waals surface area contributed by atoms with Gasteiger partial charge in [0.05, 0.1) is 0 Å². The molecule has 4 heteroatoms. The Morgan fingerprint density at radius 3 is 2.57 bits per heavy atom. The van der Waals surface area contributed by atoms with Crippen molar-refractivity contribution in [3.63, 3.8) is 0 Å². The second-order valence-corrected chi connectivity index (χ2v) is 6.07. The van der Waals surface area contributed by atoms with E-state index in [1.54, 1.807) is 0 Å². The molecule has 1 aliphatic heterocycles. The number of benzene rings is 1. The molecule has 1 aromatic rings. The predicted molar refractivity (Wildman–Crippen MR) is 87.7 cm³/mol. The molecular weight excluding hydrogens is 284 g/mol. The molecule has 3 nitrogen and oxygen atoms in total. The van der Waals surface area contributed by atoms with Gasteiger partial charge in [0.1, 0.15) is 0 Å². The normalized spacial score (nSPS) is 18.5. The Bertz CT molecular complexity index is 456. The number of carbonyl (C=O) groups is 1. The van der Waals surface area contributed by atoms with E-state index in [2.05, 4.69) is 18.7 Å². The van der Waals surface area contributed by atoms with Gasteiger partial charge in [0.2, 0.25) is 5.91 Å². The summed E-state index contributed by atoms with van der Waals surface area (Å²) in [6.45, 7) is 8.30. The Morgan fingerprint density at radius 1 is 1.29 bits per heavy atom. The van der Waals surface area contributed by atoms with E-state index in [1.165, 1.54) is 5.56 Å². The molecule has 1 aliphatic rings. The lowest BCUT2D eigenvalue weighted by Gasteiger charge is -2.26. The summed E-state index contributed by atoms with van der Waals surface area (Å²) in [5.41, 5.74) is 1.17. The highest BCUT2D eigenvalue weighted by Gasteiger charge is 2.28. The SMILES string of the molecule is CCN(CC)C1CCN(C(=O)CCc2ccc(Cl)cc2)C1. The minimum atomic E-state index is 0.277. The zero-order valence-corrected chi connectivity index (χ0v) is 13.8. The van der Waals surface area contributed by atoms with E-state index in [-0.39, 0.29) is 5.91 Å². The van der Waals surface area contributed by atoms with E-state index in [0.29, 0.717) is 12.5 Å². The zero-order chi connectivity index (χ0) is 15.2. The molecule has 1 heterocycles. The van der Waals surface area contributed by atoms with Gasteiger partial charge in [0.15, 0.2) is 0 Å². The number of likely N-dealkylation sites (tertiary alicyclic amines) is 1. The van der Waals surface area contributed by atoms with Gasteiger partial charge in [0.25, 0.3) is 0 Å². The lowest BCUT2D eigenvalue weighted by atomic mass is 10.1. The lowest BCUT2D eigenvalue weighted by Crippen LogP contribution is -2.38. The summed E-state index contributed by atoms with van der Waals surface area (Å²) in [5, 5.41) is 0.742. The van der Waals surface area contributed by atoms with Crippen LogP contribution in [0.3, 0.4) is 0 Å². The monoisotopic (exact) mass is 308 g/mol. The summed E-state index contributed by atoms with van der Waals surface area (Å²) in [6, 6.07) is 8.30. The van der Waals surface area contributed by atoms with Crippen LogP contribution in [0.2, 0.25) is 5.02 Å². The van der Waals surface area contributed by atoms with E-state index in [4.69, 9.17) is 11.6 Å². The molecule has 0 N–H and O–H groups in total. The molecule has 1 amide bonds. The fraction of sp³-hybridized carbons (Fsp3) is 0.588. The van der Waals surface area contributed by atoms with Crippen LogP contribution < -0.4 is 0 Å². The van der Waals surface area contributed by atoms with Gasteiger partial charge in [-0.25, -0.2) is 0 Å². The van der Waals surface area contributed by atoms with E-state index in [1.807, 2.05) is 29.2 Å². The van der Waals surface area contributed by atoms with Gasteiger partial charge in [-0.05, 0) is 43.6 Å². The number of hydrogen-bond acceptors (Lipinski definition) is 2. The largest absolute Gasteiger partial charge is 0.341 e. The minimum Gasteiger partial charge on any atom is -0.341 e. The summed E-state index contributed by atoms with van der Waals surface area (Å²) in [6.07, 6.45) is 2.49. The highest BCUT2D eigenvalue weighted by Crippen LogP contribution is 2.17. The third-order valence-electron chi connectivity index (χ3n) is 4.39. The summed E-state index contributed by atoms with van der Waals surface area (Å²) in [5.74, 6) is 0.277. The van der Waals surface area contributed by atoms with Gasteiger partial charge in [-0.3, -0.25) is 9.69 Å². The zero-order valence-electron chi connectivity index (χ0n) is 13.0. The van der Waals surface area contributed by atoms with Gasteiger partial charge in [-0.1, -0.05) is 37.6 Å². The van der Waals surface area contributed by atoms with Crippen molar-refractivity contribution < 1.29 is 4.79 Å². The third-order valence-corrected chi connectivity index (χ3v) is 4.64. The van der Waals surface area contributed by atoms with Crippen LogP contribution in [0.15, 0.2) is 24.3 Å². The Morgan fingerprint density at radius 2 is 1.95 bits per heavy atom. The maximum Gasteiger partial charge on any atom is 0.222 e. The first-order chi connectivity index (χ1) is 10.1. The average molecular weight is 309 g/mol. The predicted octanol–water partition coefficient (Wildman–Crippen LogP) is 3.22. The number of halogens is 1. The Hall–Kier alpha value is -1.06. The Labute approximate surface area is 132 Å². The molecule has 0 aliphatic carbocycles. The first kappa shape index (κ1) is 16.3. The lowest BCUT2D eigenvalue weighted by molar-refractivity contribution is -0.130. The third kappa shape index (κ3) is 4.45. The molecule has 21 heavy (non-hydrogen) atoms. The molecule has 0 spiro atoms. The molecule has 116 valence electrons. The van der Waals surface area contributed by atoms with Crippen LogP contribution in [0, 0.1) is 0 Å². The maximum atomic E-state index is 12.3. The molecule has 0 bridgehead atoms. The van der Waals surface area contributed by atoms with E-state index < -0.39 is 0 Å². The second-order valence-electron chi connectivity index (χ2n) is 5.63. The van der Waals surface area contributed by atoms with Crippen molar-refractivity contribution in [2.75, 3.05) is 26.2 Å². The summed E-state index contributed by atoms with van der Waals surface area (Å²) >= 11 is 5.87. The standard InChI is InChI=1S/C17H25ClN2O/c1-3-19(4-2)16-11-12-20(13-16)17(21)10-7-14-5-8-15(18)9-6-14/h5-6,8-9,16H,3-4,7,10-13H2,1-2H3. The fourth-order valence-corrected chi connectivity index (χ4v) is 3.19. The average Bonchev–Trinajstić information content (AvgIpc) is 2.97. The molecular formula is C17H25ClN2O. The molecule has 1 aromatic carbocycles. The molecule has 0 saturated carbocycles. The number of likely N-dealkylation sites (N-methyl/N-ethyl adjacent to an activating group) is 1. The van der Waals surface area contributed by atoms with E-state index >= 15 is 0 Å².